The second-order valence-corrected chi connectivity index (χ2v) is 8.96. The van der Waals surface area contributed by atoms with Crippen LogP contribution in [0.5, 0.6) is 0 Å². The van der Waals surface area contributed by atoms with Gasteiger partial charge >= 0.3 is 24.0 Å². The number of hydrogen-bond donors (Lipinski definition) is 4. The maximum Gasteiger partial charge on any atom is 0.426 e. The fraction of sp³-hybridized carbons (Fsp3) is 0.455. The number of rotatable bonds is 10. The van der Waals surface area contributed by atoms with E-state index in [1.54, 1.807) is 51.1 Å². The van der Waals surface area contributed by atoms with Gasteiger partial charge in [0.1, 0.15) is 24.9 Å². The Balaban J connectivity index is 2.13. The Morgan fingerprint density at radius 3 is 2.31 bits per heavy atom. The van der Waals surface area contributed by atoms with Gasteiger partial charge in [0.2, 0.25) is 0 Å². The number of carbonyl (C=O) groups excluding carboxylic acids is 6. The molecule has 3 atom stereocenters. The van der Waals surface area contributed by atoms with E-state index in [1.165, 1.54) is 0 Å². The van der Waals surface area contributed by atoms with Gasteiger partial charge in [-0.2, -0.15) is 0 Å². The summed E-state index contributed by atoms with van der Waals surface area (Å²) in [5.74, 6) is -4.66. The lowest BCUT2D eigenvalue weighted by atomic mass is 10.2. The van der Waals surface area contributed by atoms with Crippen molar-refractivity contribution in [1.82, 2.24) is 16.0 Å². The summed E-state index contributed by atoms with van der Waals surface area (Å²) in [6, 6.07) is 7.61. The van der Waals surface area contributed by atoms with E-state index in [-0.39, 0.29) is 6.61 Å². The summed E-state index contributed by atoms with van der Waals surface area (Å²) in [7, 11) is 0. The molecule has 196 valence electrons. The SMILES string of the molecule is CC(C)(C)OC(=O)[C@@H](N)[N+]1(CC(=O)NC(CC(=O)[O-])NC(=O)OCc2ccccc2)C(=O)CNC1=O. The number of benzene rings is 1. The molecule has 14 nitrogen and oxygen atoms in total. The van der Waals surface area contributed by atoms with Crippen LogP contribution in [0.15, 0.2) is 30.3 Å². The first-order valence-electron chi connectivity index (χ1n) is 10.9. The number of nitrogens with zero attached hydrogens (tertiary/aromatic N) is 1. The molecule has 0 bridgehead atoms. The molecule has 2 rings (SSSR count). The highest BCUT2D eigenvalue weighted by Crippen LogP contribution is 2.20. The molecule has 14 heteroatoms. The van der Waals surface area contributed by atoms with Gasteiger partial charge in [-0.1, -0.05) is 30.3 Å². The molecule has 1 fully saturated rings. The molecule has 5 N–H and O–H groups in total. The quantitative estimate of drug-likeness (QED) is 0.121. The maximum absolute atomic E-state index is 12.8. The number of carboxylic acids is 1. The van der Waals surface area contributed by atoms with Crippen LogP contribution in [0.4, 0.5) is 9.59 Å². The van der Waals surface area contributed by atoms with Crippen LogP contribution < -0.4 is 26.8 Å². The molecular formula is C22H29N5O9. The number of esters is 1. The van der Waals surface area contributed by atoms with Crippen LogP contribution in [0.3, 0.4) is 0 Å². The van der Waals surface area contributed by atoms with E-state index in [1.807, 2.05) is 0 Å². The predicted molar refractivity (Wildman–Crippen MR) is 119 cm³/mol. The Morgan fingerprint density at radius 1 is 1.14 bits per heavy atom. The number of carbonyl (C=O) groups is 6. The summed E-state index contributed by atoms with van der Waals surface area (Å²) in [6.07, 6.45) is -5.31. The molecule has 2 unspecified atom stereocenters. The fourth-order valence-electron chi connectivity index (χ4n) is 3.31. The van der Waals surface area contributed by atoms with Crippen LogP contribution in [0.25, 0.3) is 0 Å². The first kappa shape index (κ1) is 28.2. The van der Waals surface area contributed by atoms with Crippen LogP contribution >= 0.6 is 0 Å². The third kappa shape index (κ3) is 7.48. The Labute approximate surface area is 206 Å². The number of aliphatic carboxylic acids is 1. The second kappa shape index (κ2) is 11.6. The summed E-state index contributed by atoms with van der Waals surface area (Å²) in [4.78, 5) is 73.8. The summed E-state index contributed by atoms with van der Waals surface area (Å²) >= 11 is 0. The van der Waals surface area contributed by atoms with Crippen LogP contribution in [0.1, 0.15) is 32.8 Å². The van der Waals surface area contributed by atoms with Gasteiger partial charge in [-0.25, -0.2) is 19.2 Å². The molecule has 0 aromatic heterocycles. The largest absolute Gasteiger partial charge is 0.550 e. The minimum atomic E-state index is -1.88. The average Bonchev–Trinajstić information content (AvgIpc) is 3.05. The minimum Gasteiger partial charge on any atom is -0.550 e. The molecule has 1 aromatic rings. The van der Waals surface area contributed by atoms with Crippen molar-refractivity contribution in [1.29, 1.82) is 0 Å². The number of nitrogens with one attached hydrogen (secondary N) is 3. The molecule has 1 saturated heterocycles. The zero-order valence-electron chi connectivity index (χ0n) is 20.1. The van der Waals surface area contributed by atoms with Gasteiger partial charge in [0.25, 0.3) is 12.1 Å². The van der Waals surface area contributed by atoms with E-state index in [0.717, 1.165) is 0 Å². The van der Waals surface area contributed by atoms with Crippen LogP contribution in [0.2, 0.25) is 0 Å². The normalized spacial score (nSPS) is 19.0. The number of ether oxygens (including phenoxy) is 2. The fourth-order valence-corrected chi connectivity index (χ4v) is 3.31. The van der Waals surface area contributed by atoms with Crippen LogP contribution in [-0.2, 0) is 35.3 Å². The van der Waals surface area contributed by atoms with Gasteiger partial charge in [-0.05, 0) is 26.3 Å². The van der Waals surface area contributed by atoms with Gasteiger partial charge < -0.3 is 30.0 Å². The molecule has 1 aliphatic rings. The number of carboxylic acid groups (broad SMARTS) is 1. The van der Waals surface area contributed by atoms with Crippen molar-refractivity contribution in [2.24, 2.45) is 5.73 Å². The van der Waals surface area contributed by atoms with Crippen molar-refractivity contribution in [2.45, 2.75) is 51.7 Å². The van der Waals surface area contributed by atoms with E-state index < -0.39 is 77.8 Å². The molecule has 1 heterocycles. The number of urea groups is 1. The van der Waals surface area contributed by atoms with Crippen LogP contribution in [0, 0.1) is 0 Å². The van der Waals surface area contributed by atoms with Crippen molar-refractivity contribution in [3.8, 4) is 0 Å². The van der Waals surface area contributed by atoms with Crippen molar-refractivity contribution >= 4 is 35.9 Å². The summed E-state index contributed by atoms with van der Waals surface area (Å²) in [6.45, 7) is 3.07. The number of imide groups is 1. The second-order valence-electron chi connectivity index (χ2n) is 8.96. The standard InChI is InChI=1S/C22H29N5O9/c1-22(2,3)36-19(32)18(23)27(16(29)10-24-20(27)33)11-15(28)25-14(9-17(30)31)26-21(34)35-12-13-7-5-4-6-8-13/h4-8,14,18H,9-12,23H2,1-3H3,(H3-,24,25,26,28,30,31,33,34)/t14?,18-,27?/m0/s1. The molecule has 1 aliphatic heterocycles. The summed E-state index contributed by atoms with van der Waals surface area (Å²) in [5, 5.41) is 17.7. The van der Waals surface area contributed by atoms with E-state index >= 15 is 0 Å². The lowest BCUT2D eigenvalue weighted by molar-refractivity contribution is -0.777. The monoisotopic (exact) mass is 507 g/mol. The third-order valence-corrected chi connectivity index (χ3v) is 4.93. The number of quaternary nitrogens is 1. The van der Waals surface area contributed by atoms with Crippen molar-refractivity contribution in [3.63, 3.8) is 0 Å². The highest BCUT2D eigenvalue weighted by Gasteiger charge is 2.59. The Morgan fingerprint density at radius 2 is 1.78 bits per heavy atom. The minimum absolute atomic E-state index is 0.127. The van der Waals surface area contributed by atoms with Crippen molar-refractivity contribution < 1.29 is 47.8 Å². The smallest absolute Gasteiger partial charge is 0.426 e. The topological polar surface area (TPSA) is 206 Å². The number of nitrogens with two attached hydrogens (primary N) is 1. The van der Waals surface area contributed by atoms with Crippen LogP contribution in [-0.4, -0.2) is 71.4 Å². The molecule has 5 amide bonds. The Hall–Kier alpha value is -4.04. The molecule has 0 spiro atoms. The summed E-state index contributed by atoms with van der Waals surface area (Å²) in [5.41, 5.74) is 5.59. The molecule has 0 radical (unpaired) electrons. The average molecular weight is 508 g/mol. The number of hydrogen-bond acceptors (Lipinski definition) is 10. The van der Waals surface area contributed by atoms with Gasteiger partial charge in [0, 0.05) is 12.4 Å². The maximum atomic E-state index is 12.8. The highest BCUT2D eigenvalue weighted by atomic mass is 16.6. The van der Waals surface area contributed by atoms with E-state index in [4.69, 9.17) is 15.2 Å². The van der Waals surface area contributed by atoms with Gasteiger partial charge in [0.05, 0.1) is 0 Å². The van der Waals surface area contributed by atoms with Crippen molar-refractivity contribution in [2.75, 3.05) is 13.1 Å². The summed E-state index contributed by atoms with van der Waals surface area (Å²) < 4.78 is 8.74. The first-order chi connectivity index (χ1) is 16.7. The van der Waals surface area contributed by atoms with Crippen molar-refractivity contribution in [3.05, 3.63) is 35.9 Å². The lowest BCUT2D eigenvalue weighted by Crippen LogP contribution is -2.70. The first-order valence-corrected chi connectivity index (χ1v) is 10.9. The Bertz CT molecular complexity index is 1010. The number of alkyl carbamates (subject to hydrolysis) is 1. The molecule has 1 aromatic carbocycles. The van der Waals surface area contributed by atoms with E-state index in [0.29, 0.717) is 5.56 Å². The third-order valence-electron chi connectivity index (χ3n) is 4.93. The molecule has 36 heavy (non-hydrogen) atoms. The zero-order chi connectivity index (χ0) is 27.1. The predicted octanol–water partition coefficient (Wildman–Crippen LogP) is -1.81. The molecule has 0 aliphatic carbocycles. The van der Waals surface area contributed by atoms with E-state index in [2.05, 4.69) is 16.0 Å². The molecule has 0 saturated carbocycles. The Kier molecular flexibility index (Phi) is 9.08. The lowest BCUT2D eigenvalue weighted by Gasteiger charge is -2.33. The van der Waals surface area contributed by atoms with Gasteiger partial charge in [-0.15, -0.1) is 4.48 Å². The van der Waals surface area contributed by atoms with Gasteiger partial charge in [0.15, 0.2) is 6.54 Å². The van der Waals surface area contributed by atoms with Gasteiger partial charge in [-0.3, -0.25) is 15.8 Å². The molecular weight excluding hydrogens is 478 g/mol. The highest BCUT2D eigenvalue weighted by molar-refractivity contribution is 5.97. The van der Waals surface area contributed by atoms with E-state index in [9.17, 15) is 33.9 Å². The zero-order valence-corrected chi connectivity index (χ0v) is 20.1. The number of amides is 5.